The van der Waals surface area contributed by atoms with Crippen LogP contribution in [0.5, 0.6) is 0 Å². The van der Waals surface area contributed by atoms with Crippen LogP contribution in [0, 0.1) is 29.6 Å². The molecule has 5 atom stereocenters. The van der Waals surface area contributed by atoms with Gasteiger partial charge in [-0.2, -0.15) is 0 Å². The predicted molar refractivity (Wildman–Crippen MR) is 57.8 cm³/mol. The third-order valence-corrected chi connectivity index (χ3v) is 4.84. The van der Waals surface area contributed by atoms with Gasteiger partial charge in [0.05, 0.1) is 0 Å². The quantitative estimate of drug-likeness (QED) is 0.706. The van der Waals surface area contributed by atoms with E-state index < -0.39 is 0 Å². The molecule has 0 spiro atoms. The maximum absolute atomic E-state index is 5.62. The first kappa shape index (κ1) is 9.17. The van der Waals surface area contributed by atoms with E-state index in [4.69, 9.17) is 5.73 Å². The van der Waals surface area contributed by atoms with Gasteiger partial charge in [-0.3, -0.25) is 0 Å². The van der Waals surface area contributed by atoms with E-state index in [1.54, 1.807) is 6.42 Å². The Bertz CT molecular complexity index is 212. The molecule has 3 aliphatic carbocycles. The van der Waals surface area contributed by atoms with Gasteiger partial charge in [0.2, 0.25) is 0 Å². The van der Waals surface area contributed by atoms with Crippen molar-refractivity contribution in [3.63, 3.8) is 0 Å². The molecule has 80 valence electrons. The molecule has 3 fully saturated rings. The van der Waals surface area contributed by atoms with Crippen LogP contribution < -0.4 is 11.1 Å². The standard InChI is InChI=1S/C12H22N2/c1-7(5-13)6-14-12-10-8-2-3-9(4-8)11(10)12/h7-12,14H,2-6,13H2,1H3. The van der Waals surface area contributed by atoms with Crippen molar-refractivity contribution >= 4 is 0 Å². The van der Waals surface area contributed by atoms with Crippen LogP contribution in [0.1, 0.15) is 26.2 Å². The number of rotatable bonds is 4. The fourth-order valence-corrected chi connectivity index (χ4v) is 4.02. The molecule has 3 N–H and O–H groups in total. The third kappa shape index (κ3) is 1.24. The molecule has 5 unspecified atom stereocenters. The third-order valence-electron chi connectivity index (χ3n) is 4.84. The Labute approximate surface area is 86.6 Å². The Morgan fingerprint density at radius 3 is 2.50 bits per heavy atom. The smallest absolute Gasteiger partial charge is 0.0136 e. The molecule has 0 aliphatic heterocycles. The average molecular weight is 194 g/mol. The average Bonchev–Trinajstić information content (AvgIpc) is 2.60. The first-order valence-corrected chi connectivity index (χ1v) is 6.24. The van der Waals surface area contributed by atoms with Gasteiger partial charge < -0.3 is 11.1 Å². The van der Waals surface area contributed by atoms with Crippen molar-refractivity contribution in [2.24, 2.45) is 35.3 Å². The highest BCUT2D eigenvalue weighted by Crippen LogP contribution is 2.65. The van der Waals surface area contributed by atoms with Crippen molar-refractivity contribution < 1.29 is 0 Å². The van der Waals surface area contributed by atoms with Gasteiger partial charge in [0, 0.05) is 6.04 Å². The topological polar surface area (TPSA) is 38.0 Å². The van der Waals surface area contributed by atoms with E-state index in [0.717, 1.165) is 42.8 Å². The van der Waals surface area contributed by atoms with Gasteiger partial charge >= 0.3 is 0 Å². The highest BCUT2D eigenvalue weighted by atomic mass is 15.0. The summed E-state index contributed by atoms with van der Waals surface area (Å²) in [5.74, 6) is 4.97. The summed E-state index contributed by atoms with van der Waals surface area (Å²) < 4.78 is 0. The normalized spacial score (nSPS) is 50.6. The lowest BCUT2D eigenvalue weighted by Gasteiger charge is -2.13. The zero-order valence-electron chi connectivity index (χ0n) is 9.08. The number of fused-ring (bicyclic) bond motifs is 5. The fourth-order valence-electron chi connectivity index (χ4n) is 4.02. The molecule has 0 aromatic heterocycles. The summed E-state index contributed by atoms with van der Waals surface area (Å²) in [7, 11) is 0. The van der Waals surface area contributed by atoms with Gasteiger partial charge in [-0.25, -0.2) is 0 Å². The first-order valence-electron chi connectivity index (χ1n) is 6.24. The Balaban J connectivity index is 1.50. The van der Waals surface area contributed by atoms with Gasteiger partial charge in [0.15, 0.2) is 0 Å². The molecule has 0 amide bonds. The molecule has 3 aliphatic rings. The maximum Gasteiger partial charge on any atom is 0.0136 e. The Morgan fingerprint density at radius 1 is 1.29 bits per heavy atom. The maximum atomic E-state index is 5.62. The van der Waals surface area contributed by atoms with Crippen LogP contribution in [0.3, 0.4) is 0 Å². The van der Waals surface area contributed by atoms with Crippen molar-refractivity contribution in [1.29, 1.82) is 0 Å². The summed E-state index contributed by atoms with van der Waals surface area (Å²) in [6.07, 6.45) is 4.60. The van der Waals surface area contributed by atoms with Crippen LogP contribution in [0.2, 0.25) is 0 Å². The monoisotopic (exact) mass is 194 g/mol. The van der Waals surface area contributed by atoms with Gasteiger partial charge in [-0.15, -0.1) is 0 Å². The zero-order valence-corrected chi connectivity index (χ0v) is 9.08. The van der Waals surface area contributed by atoms with Crippen molar-refractivity contribution in [3.8, 4) is 0 Å². The molecule has 3 saturated carbocycles. The summed E-state index contributed by atoms with van der Waals surface area (Å²) in [5.41, 5.74) is 5.62. The van der Waals surface area contributed by atoms with Crippen LogP contribution >= 0.6 is 0 Å². The molecular weight excluding hydrogens is 172 g/mol. The van der Waals surface area contributed by atoms with E-state index in [0.29, 0.717) is 5.92 Å². The largest absolute Gasteiger partial charge is 0.330 e. The minimum Gasteiger partial charge on any atom is -0.330 e. The second-order valence-corrected chi connectivity index (χ2v) is 5.76. The lowest BCUT2D eigenvalue weighted by molar-refractivity contribution is 0.433. The summed E-state index contributed by atoms with van der Waals surface area (Å²) in [4.78, 5) is 0. The van der Waals surface area contributed by atoms with Crippen molar-refractivity contribution in [1.82, 2.24) is 5.32 Å². The lowest BCUT2D eigenvalue weighted by Crippen LogP contribution is -2.30. The van der Waals surface area contributed by atoms with Gasteiger partial charge in [0.25, 0.3) is 0 Å². The number of hydrogen-bond donors (Lipinski definition) is 2. The van der Waals surface area contributed by atoms with E-state index in [-0.39, 0.29) is 0 Å². The van der Waals surface area contributed by atoms with Crippen LogP contribution in [-0.2, 0) is 0 Å². The van der Waals surface area contributed by atoms with Crippen molar-refractivity contribution in [2.45, 2.75) is 32.2 Å². The highest BCUT2D eigenvalue weighted by molar-refractivity contribution is 5.16. The highest BCUT2D eigenvalue weighted by Gasteiger charge is 2.64. The minimum atomic E-state index is 0.647. The van der Waals surface area contributed by atoms with E-state index in [2.05, 4.69) is 12.2 Å². The van der Waals surface area contributed by atoms with E-state index in [1.165, 1.54) is 12.8 Å². The van der Waals surface area contributed by atoms with Gasteiger partial charge in [-0.05, 0) is 61.9 Å². The molecule has 2 nitrogen and oxygen atoms in total. The fraction of sp³-hybridized carbons (Fsp3) is 1.00. The second kappa shape index (κ2) is 3.21. The zero-order chi connectivity index (χ0) is 9.71. The molecule has 0 radical (unpaired) electrons. The summed E-state index contributed by atoms with van der Waals surface area (Å²) in [6.45, 7) is 4.19. The number of hydrogen-bond acceptors (Lipinski definition) is 2. The summed E-state index contributed by atoms with van der Waals surface area (Å²) in [5, 5.41) is 3.73. The SMILES string of the molecule is CC(CN)CNC1C2C3CCC(C3)C12. The molecule has 0 heterocycles. The predicted octanol–water partition coefficient (Wildman–Crippen LogP) is 1.22. The van der Waals surface area contributed by atoms with Crippen LogP contribution in [0.15, 0.2) is 0 Å². The van der Waals surface area contributed by atoms with Gasteiger partial charge in [0.1, 0.15) is 0 Å². The molecule has 2 bridgehead atoms. The second-order valence-electron chi connectivity index (χ2n) is 5.76. The number of nitrogens with two attached hydrogens (primary N) is 1. The minimum absolute atomic E-state index is 0.647. The first-order chi connectivity index (χ1) is 6.81. The van der Waals surface area contributed by atoms with Crippen LogP contribution in [-0.4, -0.2) is 19.1 Å². The van der Waals surface area contributed by atoms with Gasteiger partial charge in [-0.1, -0.05) is 6.92 Å². The molecule has 14 heavy (non-hydrogen) atoms. The van der Waals surface area contributed by atoms with E-state index >= 15 is 0 Å². The lowest BCUT2D eigenvalue weighted by atomic mass is 10.0. The Morgan fingerprint density at radius 2 is 1.93 bits per heavy atom. The van der Waals surface area contributed by atoms with Crippen molar-refractivity contribution in [3.05, 3.63) is 0 Å². The van der Waals surface area contributed by atoms with E-state index in [9.17, 15) is 0 Å². The molecular formula is C12H22N2. The van der Waals surface area contributed by atoms with Crippen LogP contribution in [0.25, 0.3) is 0 Å². The molecule has 0 saturated heterocycles. The Kier molecular flexibility index (Phi) is 2.10. The molecule has 2 heteroatoms. The molecule has 0 aromatic rings. The molecule has 3 rings (SSSR count). The van der Waals surface area contributed by atoms with Crippen molar-refractivity contribution in [2.75, 3.05) is 13.1 Å². The van der Waals surface area contributed by atoms with Crippen LogP contribution in [0.4, 0.5) is 0 Å². The van der Waals surface area contributed by atoms with E-state index in [1.807, 2.05) is 0 Å². The summed E-state index contributed by atoms with van der Waals surface area (Å²) in [6, 6.07) is 0.884. The summed E-state index contributed by atoms with van der Waals surface area (Å²) >= 11 is 0. The Hall–Kier alpha value is -0.0800. The number of nitrogens with one attached hydrogen (secondary N) is 1. The molecule has 0 aromatic carbocycles.